The normalized spacial score (nSPS) is 22.0. The highest BCUT2D eigenvalue weighted by Gasteiger charge is 2.35. The van der Waals surface area contributed by atoms with Crippen LogP contribution in [0.4, 0.5) is 17.1 Å². The standard InChI is InChI=1S/C52H42N2S2/c1-3-13-36(14-4-1)53(39-27-31-51-46(33-39)44-19-9-11-21-49(44)55-51)38-25-23-35(24-26-38)41-29-30-48(43-18-8-7-17-42(41)43)54(37-15-5-2-6-16-37)40-28-32-52-47(34-40)45-20-10-12-22-50(45)56-52/h1-9,11-19,21-25,27-32,34,38-39,42-43H,10,20,26,33H2. The molecule has 2 aromatic heterocycles. The van der Waals surface area contributed by atoms with Crippen molar-refractivity contribution < 1.29 is 0 Å². The first-order valence-electron chi connectivity index (χ1n) is 20.0. The van der Waals surface area contributed by atoms with Gasteiger partial charge in [0.15, 0.2) is 0 Å². The lowest BCUT2D eigenvalue weighted by molar-refractivity contribution is 0.583. The van der Waals surface area contributed by atoms with Gasteiger partial charge in [0.25, 0.3) is 0 Å². The van der Waals surface area contributed by atoms with Gasteiger partial charge in [0.1, 0.15) is 0 Å². The summed E-state index contributed by atoms with van der Waals surface area (Å²) in [5.74, 6) is 0.461. The zero-order valence-electron chi connectivity index (χ0n) is 31.2. The minimum Gasteiger partial charge on any atom is -0.358 e. The topological polar surface area (TPSA) is 6.48 Å². The monoisotopic (exact) mass is 758 g/mol. The number of para-hydroxylation sites is 2. The molecule has 0 spiro atoms. The predicted octanol–water partition coefficient (Wildman–Crippen LogP) is 13.8. The fourth-order valence-corrected chi connectivity index (χ4v) is 11.9. The molecule has 0 fully saturated rings. The summed E-state index contributed by atoms with van der Waals surface area (Å²) < 4.78 is 2.76. The number of hydrogen-bond acceptors (Lipinski definition) is 4. The Kier molecular flexibility index (Phi) is 8.48. The van der Waals surface area contributed by atoms with Crippen molar-refractivity contribution in [2.24, 2.45) is 11.8 Å². The average Bonchev–Trinajstić information content (AvgIpc) is 3.83. The number of nitrogens with zero attached hydrogens (tertiary/aromatic N) is 2. The summed E-state index contributed by atoms with van der Waals surface area (Å²) in [6, 6.07) is 38.5. The summed E-state index contributed by atoms with van der Waals surface area (Å²) in [7, 11) is 0. The van der Waals surface area contributed by atoms with Gasteiger partial charge in [-0.15, -0.1) is 22.7 Å². The molecule has 56 heavy (non-hydrogen) atoms. The summed E-state index contributed by atoms with van der Waals surface area (Å²) in [5.41, 5.74) is 10.7. The van der Waals surface area contributed by atoms with Crippen LogP contribution in [0.2, 0.25) is 0 Å². The van der Waals surface area contributed by atoms with Crippen molar-refractivity contribution in [3.63, 3.8) is 0 Å². The van der Waals surface area contributed by atoms with Crippen LogP contribution in [-0.4, -0.2) is 12.1 Å². The van der Waals surface area contributed by atoms with Gasteiger partial charge in [-0.3, -0.25) is 0 Å². The molecule has 0 bridgehead atoms. The average molecular weight is 759 g/mol. The minimum absolute atomic E-state index is 0.213. The van der Waals surface area contributed by atoms with Crippen LogP contribution in [0.15, 0.2) is 187 Å². The molecule has 272 valence electrons. The van der Waals surface area contributed by atoms with E-state index in [-0.39, 0.29) is 23.9 Å². The van der Waals surface area contributed by atoms with Crippen LogP contribution in [0.1, 0.15) is 33.7 Å². The van der Waals surface area contributed by atoms with Crippen LogP contribution in [0.5, 0.6) is 0 Å². The molecule has 5 aliphatic rings. The van der Waals surface area contributed by atoms with Gasteiger partial charge < -0.3 is 9.80 Å². The third-order valence-corrected chi connectivity index (χ3v) is 14.6. The van der Waals surface area contributed by atoms with E-state index in [2.05, 4.69) is 192 Å². The molecule has 0 saturated carbocycles. The minimum atomic E-state index is 0.213. The lowest BCUT2D eigenvalue weighted by atomic mass is 9.73. The van der Waals surface area contributed by atoms with Crippen molar-refractivity contribution in [3.05, 3.63) is 208 Å². The maximum absolute atomic E-state index is 2.66. The van der Waals surface area contributed by atoms with Crippen LogP contribution >= 0.6 is 22.7 Å². The molecule has 0 radical (unpaired) electrons. The van der Waals surface area contributed by atoms with Crippen molar-refractivity contribution >= 4 is 72.1 Å². The smallest absolute Gasteiger partial charge is 0.0524 e. The van der Waals surface area contributed by atoms with E-state index in [0.717, 1.165) is 25.7 Å². The molecule has 4 aromatic carbocycles. The maximum Gasteiger partial charge on any atom is 0.0524 e. The fourth-order valence-electron chi connectivity index (χ4n) is 9.61. The molecule has 11 rings (SSSR count). The SMILES string of the molecule is C1=CC2C(C3=CCC(N(c4ccccc4)C4C=Cc5sc6ccccc6c5C4)C=C3)=CC=C(N(c3ccccc3)c3ccc4sc5c(c4c3)CCC=C5)C2C=C1. The highest BCUT2D eigenvalue weighted by atomic mass is 32.1. The Morgan fingerprint density at radius 3 is 2.12 bits per heavy atom. The van der Waals surface area contributed by atoms with Gasteiger partial charge in [-0.1, -0.05) is 115 Å². The third-order valence-electron chi connectivity index (χ3n) is 12.2. The van der Waals surface area contributed by atoms with Crippen LogP contribution in [0.25, 0.3) is 32.3 Å². The first kappa shape index (κ1) is 33.6. The van der Waals surface area contributed by atoms with Gasteiger partial charge in [0.2, 0.25) is 0 Å². The van der Waals surface area contributed by atoms with Gasteiger partial charge in [-0.2, -0.15) is 0 Å². The van der Waals surface area contributed by atoms with Gasteiger partial charge in [0.05, 0.1) is 12.1 Å². The van der Waals surface area contributed by atoms with Crippen LogP contribution in [-0.2, 0) is 12.8 Å². The molecule has 4 atom stereocenters. The quantitative estimate of drug-likeness (QED) is 0.160. The Labute approximate surface area is 337 Å². The number of aryl methyl sites for hydroxylation is 1. The second kappa shape index (κ2) is 14.1. The lowest BCUT2D eigenvalue weighted by Crippen LogP contribution is -2.44. The number of allylic oxidation sites excluding steroid dienone is 10. The molecule has 5 aliphatic carbocycles. The van der Waals surface area contributed by atoms with Crippen LogP contribution in [0.3, 0.4) is 0 Å². The van der Waals surface area contributed by atoms with E-state index >= 15 is 0 Å². The van der Waals surface area contributed by atoms with Crippen LogP contribution < -0.4 is 9.80 Å². The molecule has 4 heteroatoms. The lowest BCUT2D eigenvalue weighted by Gasteiger charge is -2.41. The second-order valence-electron chi connectivity index (χ2n) is 15.4. The van der Waals surface area contributed by atoms with E-state index < -0.39 is 0 Å². The molecular weight excluding hydrogens is 717 g/mol. The van der Waals surface area contributed by atoms with Crippen molar-refractivity contribution in [2.45, 2.75) is 37.8 Å². The van der Waals surface area contributed by atoms with Crippen molar-refractivity contribution in [1.82, 2.24) is 0 Å². The van der Waals surface area contributed by atoms with Gasteiger partial charge in [-0.25, -0.2) is 0 Å². The summed E-state index contributed by atoms with van der Waals surface area (Å²) >= 11 is 3.84. The highest BCUT2D eigenvalue weighted by molar-refractivity contribution is 7.20. The first-order valence-corrected chi connectivity index (χ1v) is 21.6. The van der Waals surface area contributed by atoms with Gasteiger partial charge in [-0.05, 0) is 125 Å². The Bertz CT molecular complexity index is 2730. The third kappa shape index (κ3) is 5.82. The van der Waals surface area contributed by atoms with Gasteiger partial charge in [0, 0.05) is 53.7 Å². The second-order valence-corrected chi connectivity index (χ2v) is 17.6. The zero-order valence-corrected chi connectivity index (χ0v) is 32.8. The van der Waals surface area contributed by atoms with Gasteiger partial charge >= 0.3 is 0 Å². The molecule has 0 saturated heterocycles. The molecule has 0 N–H and O–H groups in total. The first-order chi connectivity index (χ1) is 27.8. The largest absolute Gasteiger partial charge is 0.358 e. The van der Waals surface area contributed by atoms with E-state index in [1.807, 2.05) is 22.7 Å². The maximum atomic E-state index is 2.66. The molecule has 2 nitrogen and oxygen atoms in total. The number of hydrogen-bond donors (Lipinski definition) is 0. The Hall–Kier alpha value is -5.68. The van der Waals surface area contributed by atoms with Crippen molar-refractivity contribution in [3.8, 4) is 0 Å². The van der Waals surface area contributed by atoms with E-state index in [9.17, 15) is 0 Å². The summed E-state index contributed by atoms with van der Waals surface area (Å²) in [4.78, 5) is 7.99. The molecule has 0 aliphatic heterocycles. The van der Waals surface area contributed by atoms with E-state index in [1.54, 1.807) is 0 Å². The summed E-state index contributed by atoms with van der Waals surface area (Å²) in [6.45, 7) is 0. The highest BCUT2D eigenvalue weighted by Crippen LogP contribution is 2.47. The Morgan fingerprint density at radius 1 is 0.571 bits per heavy atom. The summed E-state index contributed by atoms with van der Waals surface area (Å²) in [5, 5.41) is 2.81. The number of benzene rings is 4. The molecule has 2 heterocycles. The fraction of sp³-hybridized carbons (Fsp3) is 0.154. The van der Waals surface area contributed by atoms with E-state index in [0.29, 0.717) is 0 Å². The number of thiophene rings is 2. The zero-order chi connectivity index (χ0) is 37.0. The van der Waals surface area contributed by atoms with Crippen LogP contribution in [0, 0.1) is 11.8 Å². The van der Waals surface area contributed by atoms with Crippen molar-refractivity contribution in [2.75, 3.05) is 9.80 Å². The summed E-state index contributed by atoms with van der Waals surface area (Å²) in [6.07, 6.45) is 35.2. The molecule has 4 unspecified atom stereocenters. The van der Waals surface area contributed by atoms with Crippen molar-refractivity contribution in [1.29, 1.82) is 0 Å². The Morgan fingerprint density at radius 2 is 1.30 bits per heavy atom. The number of fused-ring (bicyclic) bond motifs is 7. The number of anilines is 3. The number of rotatable bonds is 7. The van der Waals surface area contributed by atoms with E-state index in [4.69, 9.17) is 0 Å². The predicted molar refractivity (Wildman–Crippen MR) is 242 cm³/mol. The van der Waals surface area contributed by atoms with E-state index in [1.165, 1.54) is 75.0 Å². The molecule has 0 amide bonds. The Balaban J connectivity index is 0.932. The molecular formula is C52H42N2S2. The molecule has 6 aromatic rings.